The average Bonchev–Trinajstić information content (AvgIpc) is 2.71. The van der Waals surface area contributed by atoms with Crippen molar-refractivity contribution in [3.8, 4) is 0 Å². The molecule has 4 rings (SSSR count). The van der Waals surface area contributed by atoms with Crippen molar-refractivity contribution in [1.82, 2.24) is 15.1 Å². The first kappa shape index (κ1) is 21.4. The number of nitrogens with zero attached hydrogens (tertiary/aromatic N) is 4. The molecule has 31 heavy (non-hydrogen) atoms. The van der Waals surface area contributed by atoms with Crippen LogP contribution in [0.3, 0.4) is 0 Å². The van der Waals surface area contributed by atoms with Crippen molar-refractivity contribution in [2.45, 2.75) is 31.9 Å². The van der Waals surface area contributed by atoms with Crippen molar-refractivity contribution in [3.05, 3.63) is 59.5 Å². The van der Waals surface area contributed by atoms with E-state index in [4.69, 9.17) is 0 Å². The van der Waals surface area contributed by atoms with Gasteiger partial charge in [0.2, 0.25) is 0 Å². The number of benzene rings is 2. The maximum Gasteiger partial charge on any atom is 0.266 e. The van der Waals surface area contributed by atoms with E-state index in [0.717, 1.165) is 30.2 Å². The molecule has 0 saturated carbocycles. The Morgan fingerprint density at radius 2 is 1.84 bits per heavy atom. The summed E-state index contributed by atoms with van der Waals surface area (Å²) in [5.74, 6) is -0.881. The number of nitrogens with one attached hydrogen (secondary N) is 1. The summed E-state index contributed by atoms with van der Waals surface area (Å²) in [6, 6.07) is 9.52. The maximum atomic E-state index is 14.6. The molecule has 1 aromatic heterocycles. The van der Waals surface area contributed by atoms with Crippen LogP contribution in [0.1, 0.15) is 37.4 Å². The van der Waals surface area contributed by atoms with Crippen LogP contribution < -0.4 is 10.2 Å². The topological polar surface area (TPSA) is 44.3 Å². The minimum atomic E-state index is -2.86. The van der Waals surface area contributed by atoms with Gasteiger partial charge in [-0.2, -0.15) is 10.2 Å². The Hall–Kier alpha value is -2.87. The number of fused-ring (bicyclic) bond motifs is 1. The van der Waals surface area contributed by atoms with Gasteiger partial charge in [-0.3, -0.25) is 0 Å². The molecule has 1 N–H and O–H groups in total. The summed E-state index contributed by atoms with van der Waals surface area (Å²) in [7, 11) is 4.16. The fourth-order valence-corrected chi connectivity index (χ4v) is 3.98. The van der Waals surface area contributed by atoms with E-state index in [1.54, 1.807) is 13.1 Å². The van der Waals surface area contributed by atoms with Crippen LogP contribution in [0.2, 0.25) is 0 Å². The molecule has 1 aliphatic rings. The summed E-state index contributed by atoms with van der Waals surface area (Å²) < 4.78 is 40.8. The SMILES string of the molecule is C[C@@H](Nc1cnnc2ccc(N3CC(C)(N(C)C)C3)cc12)c1cccc(C(F)F)c1F. The van der Waals surface area contributed by atoms with Gasteiger partial charge < -0.3 is 15.1 Å². The third-order valence-electron chi connectivity index (χ3n) is 6.26. The first-order chi connectivity index (χ1) is 14.7. The molecule has 0 bridgehead atoms. The van der Waals surface area contributed by atoms with Crippen LogP contribution in [0.25, 0.3) is 10.9 Å². The zero-order valence-electron chi connectivity index (χ0n) is 18.0. The van der Waals surface area contributed by atoms with E-state index in [0.29, 0.717) is 11.2 Å². The smallest absolute Gasteiger partial charge is 0.266 e. The first-order valence-electron chi connectivity index (χ1n) is 10.2. The molecular formula is C23H26F3N5. The minimum Gasteiger partial charge on any atom is -0.377 e. The third kappa shape index (κ3) is 3.92. The van der Waals surface area contributed by atoms with Gasteiger partial charge in [0.25, 0.3) is 6.43 Å². The summed E-state index contributed by atoms with van der Waals surface area (Å²) in [6.07, 6.45) is -1.28. The van der Waals surface area contributed by atoms with Crippen LogP contribution >= 0.6 is 0 Å². The number of aromatic nitrogens is 2. The molecular weight excluding hydrogens is 403 g/mol. The Balaban J connectivity index is 1.62. The largest absolute Gasteiger partial charge is 0.377 e. The van der Waals surface area contributed by atoms with Crippen LogP contribution in [0, 0.1) is 5.82 Å². The molecule has 0 amide bonds. The van der Waals surface area contributed by atoms with Crippen molar-refractivity contribution in [2.75, 3.05) is 37.4 Å². The van der Waals surface area contributed by atoms with Crippen molar-refractivity contribution in [3.63, 3.8) is 0 Å². The lowest BCUT2D eigenvalue weighted by Gasteiger charge is -2.53. The number of hydrogen-bond acceptors (Lipinski definition) is 5. The summed E-state index contributed by atoms with van der Waals surface area (Å²) in [5.41, 5.74) is 2.18. The molecule has 1 fully saturated rings. The van der Waals surface area contributed by atoms with E-state index in [2.05, 4.69) is 46.3 Å². The third-order valence-corrected chi connectivity index (χ3v) is 6.26. The van der Waals surface area contributed by atoms with Crippen molar-refractivity contribution >= 4 is 22.3 Å². The molecule has 2 heterocycles. The zero-order valence-corrected chi connectivity index (χ0v) is 18.0. The molecule has 3 aromatic rings. The van der Waals surface area contributed by atoms with E-state index < -0.39 is 23.8 Å². The van der Waals surface area contributed by atoms with Gasteiger partial charge >= 0.3 is 0 Å². The minimum absolute atomic E-state index is 0.133. The highest BCUT2D eigenvalue weighted by atomic mass is 19.3. The molecule has 1 aliphatic heterocycles. The molecule has 1 saturated heterocycles. The Morgan fingerprint density at radius 1 is 1.13 bits per heavy atom. The fourth-order valence-electron chi connectivity index (χ4n) is 3.98. The Bertz CT molecular complexity index is 1100. The zero-order chi connectivity index (χ0) is 22.3. The van der Waals surface area contributed by atoms with Gasteiger partial charge in [0, 0.05) is 29.7 Å². The predicted molar refractivity (Wildman–Crippen MR) is 117 cm³/mol. The standard InChI is InChI=1S/C23H26F3N5/c1-14(16-6-5-7-17(21(16)24)22(25)26)28-20-11-27-29-19-9-8-15(10-18(19)20)31-12-23(2,13-31)30(3)4/h5-11,14,22H,12-13H2,1-4H3,(H,28,29)/t14-/m1/s1. The molecule has 0 aliphatic carbocycles. The van der Waals surface area contributed by atoms with E-state index in [1.807, 2.05) is 18.2 Å². The van der Waals surface area contributed by atoms with Gasteiger partial charge in [-0.1, -0.05) is 18.2 Å². The Labute approximate surface area is 179 Å². The summed E-state index contributed by atoms with van der Waals surface area (Å²) in [4.78, 5) is 4.52. The first-order valence-corrected chi connectivity index (χ1v) is 10.2. The van der Waals surface area contributed by atoms with Gasteiger partial charge in [-0.25, -0.2) is 13.2 Å². The van der Waals surface area contributed by atoms with Crippen LogP contribution in [0.5, 0.6) is 0 Å². The van der Waals surface area contributed by atoms with E-state index >= 15 is 0 Å². The number of rotatable bonds is 6. The highest BCUT2D eigenvalue weighted by Gasteiger charge is 2.40. The molecule has 0 spiro atoms. The van der Waals surface area contributed by atoms with Gasteiger partial charge in [-0.15, -0.1) is 0 Å². The van der Waals surface area contributed by atoms with Crippen LogP contribution in [-0.4, -0.2) is 47.8 Å². The lowest BCUT2D eigenvalue weighted by atomic mass is 9.90. The summed E-state index contributed by atoms with van der Waals surface area (Å²) in [6.45, 7) is 5.79. The maximum absolute atomic E-state index is 14.6. The van der Waals surface area contributed by atoms with Crippen LogP contribution in [0.4, 0.5) is 24.5 Å². The second-order valence-corrected chi connectivity index (χ2v) is 8.62. The quantitative estimate of drug-likeness (QED) is 0.596. The normalized spacial score (nSPS) is 16.6. The monoisotopic (exact) mass is 429 g/mol. The molecule has 164 valence electrons. The number of alkyl halides is 2. The van der Waals surface area contributed by atoms with Crippen molar-refractivity contribution in [2.24, 2.45) is 0 Å². The number of anilines is 2. The lowest BCUT2D eigenvalue weighted by molar-refractivity contribution is 0.133. The summed E-state index contributed by atoms with van der Waals surface area (Å²) >= 11 is 0. The molecule has 5 nitrogen and oxygen atoms in total. The summed E-state index contributed by atoms with van der Waals surface area (Å²) in [5, 5.41) is 12.3. The van der Waals surface area contributed by atoms with Crippen LogP contribution in [0.15, 0.2) is 42.6 Å². The van der Waals surface area contributed by atoms with Crippen LogP contribution in [-0.2, 0) is 0 Å². The van der Waals surface area contributed by atoms with Gasteiger partial charge in [0.1, 0.15) is 5.82 Å². The van der Waals surface area contributed by atoms with Crippen molar-refractivity contribution in [1.29, 1.82) is 0 Å². The predicted octanol–water partition coefficient (Wildman–Crippen LogP) is 5.02. The average molecular weight is 429 g/mol. The molecule has 2 aromatic carbocycles. The van der Waals surface area contributed by atoms with Gasteiger partial charge in [-0.05, 0) is 46.1 Å². The molecule has 0 radical (unpaired) electrons. The molecule has 1 atom stereocenters. The highest BCUT2D eigenvalue weighted by Crippen LogP contribution is 2.35. The van der Waals surface area contributed by atoms with Gasteiger partial charge in [0.15, 0.2) is 0 Å². The Morgan fingerprint density at radius 3 is 2.52 bits per heavy atom. The lowest BCUT2D eigenvalue weighted by Crippen LogP contribution is -2.67. The second-order valence-electron chi connectivity index (χ2n) is 8.62. The second kappa shape index (κ2) is 8.00. The van der Waals surface area contributed by atoms with E-state index in [-0.39, 0.29) is 11.1 Å². The van der Waals surface area contributed by atoms with E-state index in [1.165, 1.54) is 12.1 Å². The van der Waals surface area contributed by atoms with Gasteiger partial charge in [0.05, 0.1) is 34.5 Å². The number of hydrogen-bond donors (Lipinski definition) is 1. The molecule has 0 unspecified atom stereocenters. The highest BCUT2D eigenvalue weighted by molar-refractivity contribution is 5.93. The molecule has 8 heteroatoms. The Kier molecular flexibility index (Phi) is 5.51. The number of likely N-dealkylation sites (N-methyl/N-ethyl adjacent to an activating group) is 1. The van der Waals surface area contributed by atoms with Crippen molar-refractivity contribution < 1.29 is 13.2 Å². The fraction of sp³-hybridized carbons (Fsp3) is 0.391. The van der Waals surface area contributed by atoms with E-state index in [9.17, 15) is 13.2 Å². The number of halogens is 3.